The maximum Gasteiger partial charge on any atom is 0.424 e. The van der Waals surface area contributed by atoms with Gasteiger partial charge in [0.05, 0.1) is 0 Å². The van der Waals surface area contributed by atoms with Gasteiger partial charge in [0, 0.05) is 0 Å². The maximum atomic E-state index is 14.0. The first-order valence-electron chi connectivity index (χ1n) is 7.02. The minimum Gasteiger partial charge on any atom is -0.443 e. The third kappa shape index (κ3) is 5.50. The summed E-state index contributed by atoms with van der Waals surface area (Å²) >= 11 is 0. The van der Waals surface area contributed by atoms with Crippen LogP contribution < -0.4 is 4.90 Å². The van der Waals surface area contributed by atoms with Crippen molar-refractivity contribution in [1.82, 2.24) is 0 Å². The number of hydrogen-bond donors (Lipinski definition) is 0. The first-order valence-corrected chi connectivity index (χ1v) is 7.02. The van der Waals surface area contributed by atoms with Crippen LogP contribution in [0.25, 0.3) is 0 Å². The number of ether oxygens (including phenoxy) is 2. The van der Waals surface area contributed by atoms with Crippen molar-refractivity contribution in [2.24, 2.45) is 0 Å². The first-order chi connectivity index (χ1) is 10.3. The second-order valence-corrected chi connectivity index (χ2v) is 6.87. The molecule has 0 saturated carbocycles. The van der Waals surface area contributed by atoms with Crippen LogP contribution in [0.15, 0.2) is 18.2 Å². The van der Waals surface area contributed by atoms with Crippen LogP contribution in [0.5, 0.6) is 0 Å². The third-order valence-electron chi connectivity index (χ3n) is 2.31. The number of carbonyl (C=O) groups excluding carboxylic acids is 2. The van der Waals surface area contributed by atoms with Crippen molar-refractivity contribution < 1.29 is 27.8 Å². The predicted octanol–water partition coefficient (Wildman–Crippen LogP) is 4.64. The van der Waals surface area contributed by atoms with Gasteiger partial charge in [0.25, 0.3) is 0 Å². The van der Waals surface area contributed by atoms with Crippen LogP contribution in [0.4, 0.5) is 24.1 Å². The van der Waals surface area contributed by atoms with E-state index in [1.807, 2.05) is 0 Å². The first kappa shape index (κ1) is 18.9. The van der Waals surface area contributed by atoms with E-state index >= 15 is 0 Å². The van der Waals surface area contributed by atoms with E-state index in [4.69, 9.17) is 9.47 Å². The summed E-state index contributed by atoms with van der Waals surface area (Å²) in [6.45, 7) is 9.39. The summed E-state index contributed by atoms with van der Waals surface area (Å²) in [7, 11) is 0. The number of imide groups is 1. The average molecular weight is 329 g/mol. The number of para-hydroxylation sites is 1. The molecule has 1 rings (SSSR count). The Morgan fingerprint density at radius 1 is 0.870 bits per heavy atom. The zero-order valence-electron chi connectivity index (χ0n) is 14.1. The number of nitrogens with zero attached hydrogens (tertiary/aromatic N) is 1. The average Bonchev–Trinajstić information content (AvgIpc) is 2.28. The van der Waals surface area contributed by atoms with Crippen molar-refractivity contribution in [1.29, 1.82) is 0 Å². The highest BCUT2D eigenvalue weighted by Gasteiger charge is 2.36. The lowest BCUT2D eigenvalue weighted by molar-refractivity contribution is 0.0427. The van der Waals surface area contributed by atoms with E-state index in [1.165, 1.54) is 0 Å². The maximum absolute atomic E-state index is 14.0. The molecule has 0 radical (unpaired) electrons. The van der Waals surface area contributed by atoms with Gasteiger partial charge in [-0.25, -0.2) is 18.4 Å². The Hall–Kier alpha value is -2.18. The van der Waals surface area contributed by atoms with Crippen LogP contribution in [-0.4, -0.2) is 23.4 Å². The van der Waals surface area contributed by atoms with Crippen LogP contribution in [-0.2, 0) is 9.47 Å². The molecule has 0 atom stereocenters. The van der Waals surface area contributed by atoms with Gasteiger partial charge < -0.3 is 9.47 Å². The molecule has 0 unspecified atom stereocenters. The summed E-state index contributed by atoms with van der Waals surface area (Å²) in [5.41, 5.74) is -2.76. The van der Waals surface area contributed by atoms with E-state index in [2.05, 4.69) is 0 Å². The van der Waals surface area contributed by atoms with Crippen molar-refractivity contribution in [2.75, 3.05) is 4.90 Å². The van der Waals surface area contributed by atoms with E-state index < -0.39 is 40.7 Å². The van der Waals surface area contributed by atoms with Crippen molar-refractivity contribution >= 4 is 17.9 Å². The molecule has 128 valence electrons. The van der Waals surface area contributed by atoms with Gasteiger partial charge in [-0.1, -0.05) is 6.07 Å². The van der Waals surface area contributed by atoms with Crippen molar-refractivity contribution in [3.8, 4) is 0 Å². The second kappa shape index (κ2) is 6.52. The zero-order chi connectivity index (χ0) is 18.0. The van der Waals surface area contributed by atoms with Crippen LogP contribution in [0.1, 0.15) is 41.5 Å². The highest BCUT2D eigenvalue weighted by molar-refractivity contribution is 6.09. The van der Waals surface area contributed by atoms with E-state index in [1.54, 1.807) is 41.5 Å². The summed E-state index contributed by atoms with van der Waals surface area (Å²) in [4.78, 5) is 24.7. The summed E-state index contributed by atoms with van der Waals surface area (Å²) < 4.78 is 38.1. The van der Waals surface area contributed by atoms with E-state index in [9.17, 15) is 18.4 Å². The molecule has 7 heteroatoms. The Morgan fingerprint density at radius 2 is 1.22 bits per heavy atom. The van der Waals surface area contributed by atoms with Gasteiger partial charge in [0.15, 0.2) is 11.6 Å². The molecule has 0 aliphatic rings. The van der Waals surface area contributed by atoms with Crippen LogP contribution >= 0.6 is 0 Å². The topological polar surface area (TPSA) is 55.8 Å². The molecule has 2 amide bonds. The second-order valence-electron chi connectivity index (χ2n) is 6.87. The summed E-state index contributed by atoms with van der Waals surface area (Å²) in [5.74, 6) is -2.16. The van der Waals surface area contributed by atoms with Gasteiger partial charge in [0.2, 0.25) is 0 Å². The number of rotatable bonds is 1. The van der Waals surface area contributed by atoms with Gasteiger partial charge in [-0.05, 0) is 53.7 Å². The minimum atomic E-state index is -1.23. The Kier molecular flexibility index (Phi) is 5.35. The van der Waals surface area contributed by atoms with Crippen molar-refractivity contribution in [3.05, 3.63) is 29.8 Å². The molecule has 1 aromatic rings. The number of amides is 2. The van der Waals surface area contributed by atoms with E-state index in [0.29, 0.717) is 0 Å². The van der Waals surface area contributed by atoms with Crippen molar-refractivity contribution in [3.63, 3.8) is 0 Å². The summed E-state index contributed by atoms with van der Waals surface area (Å²) in [6.07, 6.45) is -2.45. The van der Waals surface area contributed by atoms with Crippen LogP contribution in [0.2, 0.25) is 0 Å². The molecule has 0 N–H and O–H groups in total. The molecule has 0 saturated heterocycles. The van der Waals surface area contributed by atoms with Crippen molar-refractivity contribution in [2.45, 2.75) is 52.7 Å². The number of benzene rings is 1. The third-order valence-corrected chi connectivity index (χ3v) is 2.31. The SMILES string of the molecule is CC(C)(C)OC(=O)N(C(=O)OC(C)(C)C)c1c(F)cccc1F. The molecular formula is C16H21F2NO4. The highest BCUT2D eigenvalue weighted by atomic mass is 19.1. The number of halogens is 2. The Labute approximate surface area is 134 Å². The molecule has 0 aliphatic carbocycles. The number of carbonyl (C=O) groups is 2. The lowest BCUT2D eigenvalue weighted by atomic mass is 10.2. The Morgan fingerprint density at radius 3 is 1.52 bits per heavy atom. The van der Waals surface area contributed by atoms with Gasteiger partial charge in [0.1, 0.15) is 16.9 Å². The zero-order valence-corrected chi connectivity index (χ0v) is 14.1. The summed E-state index contributed by atoms with van der Waals surface area (Å²) in [5, 5.41) is 0. The fourth-order valence-electron chi connectivity index (χ4n) is 1.57. The number of anilines is 1. The lowest BCUT2D eigenvalue weighted by Crippen LogP contribution is -2.44. The molecule has 5 nitrogen and oxygen atoms in total. The smallest absolute Gasteiger partial charge is 0.424 e. The molecule has 23 heavy (non-hydrogen) atoms. The quantitative estimate of drug-likeness (QED) is 0.753. The van der Waals surface area contributed by atoms with E-state index in [0.717, 1.165) is 18.2 Å². The molecule has 1 aromatic carbocycles. The van der Waals surface area contributed by atoms with Crippen LogP contribution in [0, 0.1) is 11.6 Å². The molecule has 0 spiro atoms. The largest absolute Gasteiger partial charge is 0.443 e. The monoisotopic (exact) mass is 329 g/mol. The normalized spacial score (nSPS) is 11.8. The summed E-state index contributed by atoms with van der Waals surface area (Å²) in [6, 6.07) is 2.98. The van der Waals surface area contributed by atoms with Gasteiger partial charge in [-0.15, -0.1) is 0 Å². The highest BCUT2D eigenvalue weighted by Crippen LogP contribution is 2.27. The molecule has 0 fully saturated rings. The van der Waals surface area contributed by atoms with Gasteiger partial charge >= 0.3 is 12.2 Å². The molecular weight excluding hydrogens is 308 g/mol. The Bertz CT molecular complexity index is 555. The number of hydrogen-bond acceptors (Lipinski definition) is 4. The molecule has 0 bridgehead atoms. The van der Waals surface area contributed by atoms with Crippen LogP contribution in [0.3, 0.4) is 0 Å². The fraction of sp³-hybridized carbons (Fsp3) is 0.500. The standard InChI is InChI=1S/C16H21F2NO4/c1-15(2,3)22-13(20)19(14(21)23-16(4,5)6)12-10(17)8-7-9-11(12)18/h7-9H,1-6H3. The predicted molar refractivity (Wildman–Crippen MR) is 81.3 cm³/mol. The minimum absolute atomic E-state index is 0.223. The lowest BCUT2D eigenvalue weighted by Gasteiger charge is -2.28. The molecule has 0 aromatic heterocycles. The molecule has 0 aliphatic heterocycles. The van der Waals surface area contributed by atoms with Gasteiger partial charge in [-0.3, -0.25) is 0 Å². The van der Waals surface area contributed by atoms with E-state index in [-0.39, 0.29) is 4.90 Å². The fourth-order valence-corrected chi connectivity index (χ4v) is 1.57. The Balaban J connectivity index is 3.32. The van der Waals surface area contributed by atoms with Gasteiger partial charge in [-0.2, -0.15) is 4.90 Å². The molecule has 0 heterocycles.